The van der Waals surface area contributed by atoms with E-state index < -0.39 is 5.82 Å². The number of hydrogen-bond donors (Lipinski definition) is 2. The summed E-state index contributed by atoms with van der Waals surface area (Å²) in [4.78, 5) is 30.6. The first kappa shape index (κ1) is 20.1. The molecule has 1 aromatic carbocycles. The number of anilines is 1. The molecule has 5 rings (SSSR count). The summed E-state index contributed by atoms with van der Waals surface area (Å²) in [7, 11) is 0. The molecule has 0 radical (unpaired) electrons. The number of rotatable bonds is 5. The van der Waals surface area contributed by atoms with E-state index >= 15 is 0 Å². The molecule has 1 aliphatic heterocycles. The van der Waals surface area contributed by atoms with Crippen molar-refractivity contribution in [1.82, 2.24) is 24.8 Å². The minimum Gasteiger partial charge on any atom is -0.367 e. The molecule has 0 aliphatic carbocycles. The molecule has 7 nitrogen and oxygen atoms in total. The topological polar surface area (TPSA) is 86.8 Å². The van der Waals surface area contributed by atoms with Crippen LogP contribution in [0.1, 0.15) is 23.2 Å². The van der Waals surface area contributed by atoms with E-state index in [1.165, 1.54) is 6.20 Å². The Morgan fingerprint density at radius 3 is 2.94 bits per heavy atom. The molecule has 4 aromatic rings. The molecule has 3 aromatic heterocycles. The minimum atomic E-state index is -0.500. The normalized spacial score (nSPS) is 16.3. The summed E-state index contributed by atoms with van der Waals surface area (Å²) in [5.74, 6) is 0.349. The Morgan fingerprint density at radius 2 is 2.06 bits per heavy atom. The van der Waals surface area contributed by atoms with Crippen molar-refractivity contribution in [3.05, 3.63) is 72.4 Å². The number of likely N-dealkylation sites (tertiary alicyclic amines) is 1. The van der Waals surface area contributed by atoms with Gasteiger partial charge >= 0.3 is 0 Å². The summed E-state index contributed by atoms with van der Waals surface area (Å²) < 4.78 is 14.4. The maximum atomic E-state index is 14.4. The fourth-order valence-electron chi connectivity index (χ4n) is 4.18. The van der Waals surface area contributed by atoms with Crippen LogP contribution in [0.3, 0.4) is 0 Å². The SMILES string of the molecule is O=C(c1ccccc1)N1CCC[C@@H](CNc2nc(-c3c[nH]c4ncccc34)ncc2F)C1. The average Bonchev–Trinajstić information content (AvgIpc) is 3.28. The average molecular weight is 430 g/mol. The van der Waals surface area contributed by atoms with Crippen LogP contribution in [0.25, 0.3) is 22.4 Å². The van der Waals surface area contributed by atoms with Crippen LogP contribution in [0.5, 0.6) is 0 Å². The lowest BCUT2D eigenvalue weighted by Crippen LogP contribution is -2.41. The molecule has 162 valence electrons. The summed E-state index contributed by atoms with van der Waals surface area (Å²) in [5, 5.41) is 4.02. The number of carbonyl (C=O) groups excluding carboxylic acids is 1. The summed E-state index contributed by atoms with van der Waals surface area (Å²) >= 11 is 0. The number of carbonyl (C=O) groups is 1. The van der Waals surface area contributed by atoms with E-state index in [1.54, 1.807) is 12.4 Å². The highest BCUT2D eigenvalue weighted by atomic mass is 19.1. The number of aromatic nitrogens is 4. The van der Waals surface area contributed by atoms with Crippen LogP contribution in [0.2, 0.25) is 0 Å². The van der Waals surface area contributed by atoms with Gasteiger partial charge < -0.3 is 15.2 Å². The van der Waals surface area contributed by atoms with Crippen LogP contribution in [0, 0.1) is 11.7 Å². The molecule has 1 atom stereocenters. The summed E-state index contributed by atoms with van der Waals surface area (Å²) in [6, 6.07) is 13.1. The van der Waals surface area contributed by atoms with Crippen molar-refractivity contribution in [1.29, 1.82) is 0 Å². The largest absolute Gasteiger partial charge is 0.367 e. The van der Waals surface area contributed by atoms with Gasteiger partial charge in [0.25, 0.3) is 5.91 Å². The maximum absolute atomic E-state index is 14.4. The Bertz CT molecular complexity index is 1240. The monoisotopic (exact) mass is 430 g/mol. The van der Waals surface area contributed by atoms with Gasteiger partial charge in [-0.25, -0.2) is 19.3 Å². The summed E-state index contributed by atoms with van der Waals surface area (Å²) in [6.07, 6.45) is 6.57. The van der Waals surface area contributed by atoms with Gasteiger partial charge in [0, 0.05) is 48.5 Å². The number of piperidine rings is 1. The first-order valence-corrected chi connectivity index (χ1v) is 10.7. The molecule has 0 saturated carbocycles. The number of aromatic amines is 1. The van der Waals surface area contributed by atoms with Crippen molar-refractivity contribution >= 4 is 22.8 Å². The second-order valence-corrected chi connectivity index (χ2v) is 8.00. The zero-order valence-corrected chi connectivity index (χ0v) is 17.5. The van der Waals surface area contributed by atoms with Gasteiger partial charge in [0.2, 0.25) is 0 Å². The molecular formula is C24H23FN6O. The summed E-state index contributed by atoms with van der Waals surface area (Å²) in [5.41, 5.74) is 2.20. The fraction of sp³-hybridized carbons (Fsp3) is 0.250. The predicted octanol–water partition coefficient (Wildman–Crippen LogP) is 4.12. The third-order valence-electron chi connectivity index (χ3n) is 5.82. The minimum absolute atomic E-state index is 0.0405. The maximum Gasteiger partial charge on any atom is 0.253 e. The Labute approximate surface area is 184 Å². The zero-order chi connectivity index (χ0) is 21.9. The van der Waals surface area contributed by atoms with Crippen molar-refractivity contribution in [2.45, 2.75) is 12.8 Å². The van der Waals surface area contributed by atoms with Gasteiger partial charge in [0.05, 0.1) is 6.20 Å². The Hall–Kier alpha value is -3.81. The molecule has 1 fully saturated rings. The van der Waals surface area contributed by atoms with Crippen LogP contribution >= 0.6 is 0 Å². The quantitative estimate of drug-likeness (QED) is 0.497. The third kappa shape index (κ3) is 4.03. The van der Waals surface area contributed by atoms with Gasteiger partial charge in [-0.3, -0.25) is 4.79 Å². The van der Waals surface area contributed by atoms with E-state index in [9.17, 15) is 9.18 Å². The molecule has 1 saturated heterocycles. The van der Waals surface area contributed by atoms with Gasteiger partial charge in [-0.15, -0.1) is 0 Å². The second kappa shape index (κ2) is 8.74. The number of halogens is 1. The lowest BCUT2D eigenvalue weighted by atomic mass is 9.97. The number of fused-ring (bicyclic) bond motifs is 1. The fourth-order valence-corrected chi connectivity index (χ4v) is 4.18. The molecule has 0 unspecified atom stereocenters. The zero-order valence-electron chi connectivity index (χ0n) is 17.5. The number of H-pyrrole nitrogens is 1. The summed E-state index contributed by atoms with van der Waals surface area (Å²) in [6.45, 7) is 1.90. The highest BCUT2D eigenvalue weighted by Crippen LogP contribution is 2.26. The smallest absolute Gasteiger partial charge is 0.253 e. The highest BCUT2D eigenvalue weighted by Gasteiger charge is 2.25. The first-order chi connectivity index (χ1) is 15.7. The van der Waals surface area contributed by atoms with Crippen molar-refractivity contribution in [3.8, 4) is 11.4 Å². The van der Waals surface area contributed by atoms with Gasteiger partial charge in [-0.2, -0.15) is 0 Å². The number of pyridine rings is 1. The van der Waals surface area contributed by atoms with Gasteiger partial charge in [-0.05, 0) is 43.0 Å². The number of nitrogens with one attached hydrogen (secondary N) is 2. The second-order valence-electron chi connectivity index (χ2n) is 8.00. The highest BCUT2D eigenvalue weighted by molar-refractivity contribution is 5.94. The standard InChI is InChI=1S/C24H23FN6O/c25-20-14-29-22(19-13-28-21-18(19)9-4-10-26-21)30-23(20)27-12-16-6-5-11-31(15-16)24(32)17-7-2-1-3-8-17/h1-4,7-10,13-14,16H,5-6,11-12,15H2,(H,26,28)(H,27,29,30)/t16-/m0/s1. The van der Waals surface area contributed by atoms with Crippen molar-refractivity contribution in [3.63, 3.8) is 0 Å². The van der Waals surface area contributed by atoms with Gasteiger partial charge in [-0.1, -0.05) is 18.2 Å². The van der Waals surface area contributed by atoms with Gasteiger partial charge in [0.1, 0.15) is 5.65 Å². The third-order valence-corrected chi connectivity index (χ3v) is 5.82. The van der Waals surface area contributed by atoms with Crippen LogP contribution in [0.4, 0.5) is 10.2 Å². The lowest BCUT2D eigenvalue weighted by molar-refractivity contribution is 0.0680. The molecule has 2 N–H and O–H groups in total. The Morgan fingerprint density at radius 1 is 1.19 bits per heavy atom. The molecular weight excluding hydrogens is 407 g/mol. The van der Waals surface area contributed by atoms with Crippen LogP contribution in [-0.4, -0.2) is 50.4 Å². The Balaban J connectivity index is 1.28. The molecule has 32 heavy (non-hydrogen) atoms. The van der Waals surface area contributed by atoms with E-state index in [2.05, 4.69) is 25.3 Å². The van der Waals surface area contributed by atoms with Gasteiger partial charge in [0.15, 0.2) is 17.5 Å². The van der Waals surface area contributed by atoms with Crippen LogP contribution in [-0.2, 0) is 0 Å². The molecule has 4 heterocycles. The van der Waals surface area contributed by atoms with E-state index in [0.717, 1.165) is 36.0 Å². The molecule has 1 amide bonds. The number of benzene rings is 1. The predicted molar refractivity (Wildman–Crippen MR) is 121 cm³/mol. The Kier molecular flexibility index (Phi) is 5.49. The first-order valence-electron chi connectivity index (χ1n) is 10.7. The van der Waals surface area contributed by atoms with E-state index in [-0.39, 0.29) is 17.6 Å². The number of amides is 1. The molecule has 0 bridgehead atoms. The molecule has 1 aliphatic rings. The van der Waals surface area contributed by atoms with Crippen molar-refractivity contribution in [2.24, 2.45) is 5.92 Å². The number of hydrogen-bond acceptors (Lipinski definition) is 5. The lowest BCUT2D eigenvalue weighted by Gasteiger charge is -2.33. The van der Waals surface area contributed by atoms with Crippen molar-refractivity contribution < 1.29 is 9.18 Å². The molecule has 8 heteroatoms. The van der Waals surface area contributed by atoms with E-state index in [1.807, 2.05) is 47.4 Å². The van der Waals surface area contributed by atoms with E-state index in [0.29, 0.717) is 24.5 Å². The van der Waals surface area contributed by atoms with Crippen LogP contribution < -0.4 is 5.32 Å². The molecule has 0 spiro atoms. The number of nitrogens with zero attached hydrogens (tertiary/aromatic N) is 4. The van der Waals surface area contributed by atoms with Crippen molar-refractivity contribution in [2.75, 3.05) is 25.0 Å². The van der Waals surface area contributed by atoms with Crippen LogP contribution in [0.15, 0.2) is 61.1 Å². The van der Waals surface area contributed by atoms with E-state index in [4.69, 9.17) is 0 Å².